The molecular formula is C21H19N3O6. The molecule has 1 heterocycles. The highest BCUT2D eigenvalue weighted by Crippen LogP contribution is 2.28. The summed E-state index contributed by atoms with van der Waals surface area (Å²) in [7, 11) is 1.49. The number of aromatic carboxylic acids is 1. The molecule has 3 aromatic rings. The minimum Gasteiger partial charge on any atom is -0.493 e. The summed E-state index contributed by atoms with van der Waals surface area (Å²) in [6.07, 6.45) is 1.46. The number of ether oxygens (including phenoxy) is 2. The number of hydrogen-bond acceptors (Lipinski definition) is 6. The lowest BCUT2D eigenvalue weighted by Crippen LogP contribution is -2.24. The Balaban J connectivity index is 1.57. The molecule has 0 bridgehead atoms. The second-order valence-electron chi connectivity index (χ2n) is 5.96. The molecule has 0 saturated heterocycles. The van der Waals surface area contributed by atoms with E-state index >= 15 is 0 Å². The average molecular weight is 409 g/mol. The topological polar surface area (TPSA) is 122 Å². The number of urea groups is 1. The number of benzene rings is 2. The molecule has 2 aromatic carbocycles. The molecule has 3 N–H and O–H groups in total. The highest BCUT2D eigenvalue weighted by atomic mass is 16.5. The quantitative estimate of drug-likeness (QED) is 0.385. The molecule has 3 rings (SSSR count). The summed E-state index contributed by atoms with van der Waals surface area (Å²) in [5.74, 6) is -0.0476. The number of furan rings is 1. The van der Waals surface area contributed by atoms with Gasteiger partial charge >= 0.3 is 12.0 Å². The Morgan fingerprint density at radius 2 is 1.90 bits per heavy atom. The van der Waals surface area contributed by atoms with Crippen LogP contribution in [-0.4, -0.2) is 30.4 Å². The molecular weight excluding hydrogens is 390 g/mol. The van der Waals surface area contributed by atoms with E-state index in [1.54, 1.807) is 30.3 Å². The minimum atomic E-state index is -1.14. The van der Waals surface area contributed by atoms with Crippen molar-refractivity contribution in [2.45, 2.75) is 6.61 Å². The van der Waals surface area contributed by atoms with E-state index in [0.717, 1.165) is 0 Å². The molecule has 2 amide bonds. The van der Waals surface area contributed by atoms with Gasteiger partial charge in [-0.15, -0.1) is 0 Å². The molecule has 0 unspecified atom stereocenters. The Morgan fingerprint density at radius 3 is 2.60 bits per heavy atom. The van der Waals surface area contributed by atoms with Crippen LogP contribution in [0.15, 0.2) is 70.2 Å². The van der Waals surface area contributed by atoms with Crippen molar-refractivity contribution in [2.24, 2.45) is 5.10 Å². The fourth-order valence-electron chi connectivity index (χ4n) is 2.45. The van der Waals surface area contributed by atoms with E-state index in [4.69, 9.17) is 19.0 Å². The summed E-state index contributed by atoms with van der Waals surface area (Å²) in [6.45, 7) is 0.0400. The van der Waals surface area contributed by atoms with Gasteiger partial charge in [-0.05, 0) is 48.0 Å². The summed E-state index contributed by atoms with van der Waals surface area (Å²) in [5.41, 5.74) is 3.70. The van der Waals surface area contributed by atoms with Crippen molar-refractivity contribution in [3.8, 4) is 11.5 Å². The molecule has 0 fully saturated rings. The predicted octanol–water partition coefficient (Wildman–Crippen LogP) is 3.72. The van der Waals surface area contributed by atoms with Crippen LogP contribution in [0.5, 0.6) is 11.5 Å². The smallest absolute Gasteiger partial charge is 0.371 e. The number of carboxylic acid groups (broad SMARTS) is 1. The van der Waals surface area contributed by atoms with E-state index in [1.165, 1.54) is 25.5 Å². The van der Waals surface area contributed by atoms with Crippen LogP contribution in [0.2, 0.25) is 0 Å². The first kappa shape index (κ1) is 20.5. The second-order valence-corrected chi connectivity index (χ2v) is 5.96. The van der Waals surface area contributed by atoms with E-state index < -0.39 is 12.0 Å². The third kappa shape index (κ3) is 5.61. The number of anilines is 1. The molecule has 0 aliphatic carbocycles. The first-order valence-electron chi connectivity index (χ1n) is 8.83. The molecule has 0 aliphatic rings. The average Bonchev–Trinajstić information content (AvgIpc) is 3.23. The van der Waals surface area contributed by atoms with E-state index in [9.17, 15) is 9.59 Å². The zero-order valence-electron chi connectivity index (χ0n) is 16.0. The van der Waals surface area contributed by atoms with Crippen molar-refractivity contribution in [1.82, 2.24) is 5.43 Å². The first-order chi connectivity index (χ1) is 14.5. The monoisotopic (exact) mass is 409 g/mol. The number of nitrogens with zero attached hydrogens (tertiary/aromatic N) is 1. The van der Waals surface area contributed by atoms with Crippen molar-refractivity contribution in [3.63, 3.8) is 0 Å². The Labute approximate surface area is 171 Å². The van der Waals surface area contributed by atoms with Crippen molar-refractivity contribution >= 4 is 23.9 Å². The molecule has 0 aliphatic heterocycles. The number of methoxy groups -OCH3 is 1. The van der Waals surface area contributed by atoms with Crippen molar-refractivity contribution < 1.29 is 28.6 Å². The zero-order chi connectivity index (χ0) is 21.3. The van der Waals surface area contributed by atoms with Gasteiger partial charge in [-0.3, -0.25) is 0 Å². The molecule has 0 atom stereocenters. The molecule has 9 nitrogen and oxygen atoms in total. The van der Waals surface area contributed by atoms with Gasteiger partial charge in [0.05, 0.1) is 13.3 Å². The van der Waals surface area contributed by atoms with Crippen molar-refractivity contribution in [2.75, 3.05) is 12.4 Å². The van der Waals surface area contributed by atoms with Gasteiger partial charge in [0.2, 0.25) is 5.76 Å². The Kier molecular flexibility index (Phi) is 6.67. The van der Waals surface area contributed by atoms with Crippen LogP contribution in [0.25, 0.3) is 0 Å². The molecule has 154 valence electrons. The molecule has 30 heavy (non-hydrogen) atoms. The van der Waals surface area contributed by atoms with E-state index in [0.29, 0.717) is 28.5 Å². The first-order valence-corrected chi connectivity index (χ1v) is 8.83. The minimum absolute atomic E-state index is 0.0400. The number of carboxylic acids is 1. The van der Waals surface area contributed by atoms with E-state index in [-0.39, 0.29) is 12.4 Å². The van der Waals surface area contributed by atoms with Gasteiger partial charge in [0, 0.05) is 5.69 Å². The van der Waals surface area contributed by atoms with Crippen LogP contribution in [0.4, 0.5) is 10.5 Å². The van der Waals surface area contributed by atoms with Crippen LogP contribution >= 0.6 is 0 Å². The maximum Gasteiger partial charge on any atom is 0.371 e. The number of nitrogens with one attached hydrogen (secondary N) is 2. The summed E-state index contributed by atoms with van der Waals surface area (Å²) < 4.78 is 16.1. The fourth-order valence-corrected chi connectivity index (χ4v) is 2.45. The second kappa shape index (κ2) is 9.78. The highest BCUT2D eigenvalue weighted by Gasteiger charge is 2.11. The third-order valence-corrected chi connectivity index (χ3v) is 3.84. The third-order valence-electron chi connectivity index (χ3n) is 3.84. The Morgan fingerprint density at radius 1 is 1.10 bits per heavy atom. The normalized spacial score (nSPS) is 10.6. The number of carbonyl (C=O) groups excluding carboxylic acids is 1. The number of hydrogen-bond donors (Lipinski definition) is 3. The van der Waals surface area contributed by atoms with Crippen LogP contribution in [0.3, 0.4) is 0 Å². The Bertz CT molecular complexity index is 1050. The number of para-hydroxylation sites is 1. The van der Waals surface area contributed by atoms with Gasteiger partial charge in [-0.25, -0.2) is 15.0 Å². The zero-order valence-corrected chi connectivity index (χ0v) is 16.0. The number of rotatable bonds is 8. The number of amides is 2. The van der Waals surface area contributed by atoms with Crippen LogP contribution < -0.4 is 20.2 Å². The summed E-state index contributed by atoms with van der Waals surface area (Å²) in [6, 6.07) is 16.5. The molecule has 9 heteroatoms. The highest BCUT2D eigenvalue weighted by molar-refractivity contribution is 5.90. The van der Waals surface area contributed by atoms with Gasteiger partial charge in [-0.2, -0.15) is 5.10 Å². The molecule has 1 aromatic heterocycles. The van der Waals surface area contributed by atoms with Crippen molar-refractivity contribution in [1.29, 1.82) is 0 Å². The maximum atomic E-state index is 11.8. The molecule has 0 saturated carbocycles. The fraction of sp³-hybridized carbons (Fsp3) is 0.0952. The number of carbonyl (C=O) groups is 2. The summed E-state index contributed by atoms with van der Waals surface area (Å²) in [5, 5.41) is 15.4. The van der Waals surface area contributed by atoms with Gasteiger partial charge in [0.15, 0.2) is 11.5 Å². The van der Waals surface area contributed by atoms with Gasteiger partial charge in [0.1, 0.15) is 12.4 Å². The summed E-state index contributed by atoms with van der Waals surface area (Å²) >= 11 is 0. The molecule has 0 radical (unpaired) electrons. The SMILES string of the molecule is COc1cc(/C=N/NC(=O)Nc2ccccc2)ccc1OCc1ccc(C(=O)O)o1. The number of hydrazone groups is 1. The lowest BCUT2D eigenvalue weighted by atomic mass is 10.2. The van der Waals surface area contributed by atoms with Crippen LogP contribution in [0.1, 0.15) is 21.9 Å². The van der Waals surface area contributed by atoms with Crippen LogP contribution in [0, 0.1) is 0 Å². The standard InChI is InChI=1S/C21H19N3O6/c1-28-19-11-14(12-22-24-21(27)23-15-5-3-2-4-6-15)7-9-17(19)29-13-16-8-10-18(30-16)20(25)26/h2-12H,13H2,1H3,(H,25,26)(H2,23,24,27)/b22-12+. The van der Waals surface area contributed by atoms with Gasteiger partial charge in [-0.1, -0.05) is 18.2 Å². The maximum absolute atomic E-state index is 11.8. The largest absolute Gasteiger partial charge is 0.493 e. The molecule has 0 spiro atoms. The van der Waals surface area contributed by atoms with E-state index in [2.05, 4.69) is 15.8 Å². The van der Waals surface area contributed by atoms with Gasteiger partial charge in [0.25, 0.3) is 0 Å². The Hall–Kier alpha value is -4.27. The predicted molar refractivity (Wildman–Crippen MR) is 109 cm³/mol. The van der Waals surface area contributed by atoms with E-state index in [1.807, 2.05) is 18.2 Å². The van der Waals surface area contributed by atoms with Gasteiger partial charge < -0.3 is 24.3 Å². The van der Waals surface area contributed by atoms with Crippen molar-refractivity contribution in [3.05, 3.63) is 77.7 Å². The summed E-state index contributed by atoms with van der Waals surface area (Å²) in [4.78, 5) is 22.7. The lowest BCUT2D eigenvalue weighted by molar-refractivity contribution is 0.0658. The lowest BCUT2D eigenvalue weighted by Gasteiger charge is -2.10. The van der Waals surface area contributed by atoms with Crippen LogP contribution in [-0.2, 0) is 6.61 Å².